The molecule has 0 amide bonds. The molecule has 0 saturated heterocycles. The number of rotatable bonds is 2. The van der Waals surface area contributed by atoms with Crippen LogP contribution >= 0.6 is 0 Å². The Hall–Kier alpha value is -1.37. The Kier molecular flexibility index (Phi) is 3.13. The molecular formula is C14H18O. The van der Waals surface area contributed by atoms with Gasteiger partial charge in [0.2, 0.25) is 0 Å². The summed E-state index contributed by atoms with van der Waals surface area (Å²) >= 11 is 0. The van der Waals surface area contributed by atoms with Gasteiger partial charge in [-0.25, -0.2) is 0 Å². The lowest BCUT2D eigenvalue weighted by atomic mass is 9.82. The number of carbonyl (C=O) groups is 1. The van der Waals surface area contributed by atoms with Crippen LogP contribution in [0, 0.1) is 0 Å². The number of benzene rings is 1. The largest absolute Gasteiger partial charge is 0.289 e. The quantitative estimate of drug-likeness (QED) is 0.527. The lowest BCUT2D eigenvalue weighted by Gasteiger charge is -2.22. The lowest BCUT2D eigenvalue weighted by Crippen LogP contribution is -2.17. The SMILES string of the molecule is C=C(C)C(=O)c1ccccc1C(C)(C)C. The van der Waals surface area contributed by atoms with E-state index in [4.69, 9.17) is 0 Å². The van der Waals surface area contributed by atoms with Gasteiger partial charge in [-0.1, -0.05) is 51.6 Å². The van der Waals surface area contributed by atoms with Gasteiger partial charge in [0.05, 0.1) is 0 Å². The summed E-state index contributed by atoms with van der Waals surface area (Å²) in [7, 11) is 0. The highest BCUT2D eigenvalue weighted by atomic mass is 16.1. The van der Waals surface area contributed by atoms with Crippen molar-refractivity contribution in [3.8, 4) is 0 Å². The summed E-state index contributed by atoms with van der Waals surface area (Å²) in [5.41, 5.74) is 2.43. The van der Waals surface area contributed by atoms with Crippen LogP contribution in [0.5, 0.6) is 0 Å². The molecular weight excluding hydrogens is 184 g/mol. The predicted molar refractivity (Wildman–Crippen MR) is 64.3 cm³/mol. The summed E-state index contributed by atoms with van der Waals surface area (Å²) in [4.78, 5) is 11.9. The molecule has 0 unspecified atom stereocenters. The van der Waals surface area contributed by atoms with Crippen molar-refractivity contribution < 1.29 is 4.79 Å². The first-order valence-electron chi connectivity index (χ1n) is 5.14. The van der Waals surface area contributed by atoms with Crippen molar-refractivity contribution in [1.29, 1.82) is 0 Å². The molecule has 0 saturated carbocycles. The molecule has 1 heteroatoms. The molecule has 0 aliphatic heterocycles. The molecule has 0 spiro atoms. The first kappa shape index (κ1) is 11.7. The number of hydrogen-bond donors (Lipinski definition) is 0. The molecule has 0 atom stereocenters. The molecule has 0 aliphatic rings. The maximum absolute atomic E-state index is 11.9. The van der Waals surface area contributed by atoms with Gasteiger partial charge in [0.25, 0.3) is 0 Å². The predicted octanol–water partition coefficient (Wildman–Crippen LogP) is 3.74. The maximum atomic E-state index is 11.9. The molecule has 0 radical (unpaired) electrons. The Labute approximate surface area is 91.8 Å². The zero-order valence-corrected chi connectivity index (χ0v) is 9.92. The lowest BCUT2D eigenvalue weighted by molar-refractivity contribution is 0.103. The van der Waals surface area contributed by atoms with Crippen LogP contribution in [0.3, 0.4) is 0 Å². The summed E-state index contributed by atoms with van der Waals surface area (Å²) in [5, 5.41) is 0. The van der Waals surface area contributed by atoms with Gasteiger partial charge in [0, 0.05) is 5.56 Å². The number of ketones is 1. The van der Waals surface area contributed by atoms with Gasteiger partial charge in [-0.15, -0.1) is 0 Å². The van der Waals surface area contributed by atoms with E-state index in [2.05, 4.69) is 27.4 Å². The summed E-state index contributed by atoms with van der Waals surface area (Å²) in [5.74, 6) is 0.0422. The van der Waals surface area contributed by atoms with Crippen molar-refractivity contribution in [2.24, 2.45) is 0 Å². The third-order valence-corrected chi connectivity index (χ3v) is 2.37. The average molecular weight is 202 g/mol. The first-order chi connectivity index (χ1) is 6.84. The second kappa shape index (κ2) is 4.01. The van der Waals surface area contributed by atoms with Gasteiger partial charge in [0.15, 0.2) is 5.78 Å². The minimum Gasteiger partial charge on any atom is -0.289 e. The molecule has 1 aromatic carbocycles. The van der Waals surface area contributed by atoms with E-state index in [1.165, 1.54) is 0 Å². The van der Waals surface area contributed by atoms with Gasteiger partial charge in [-0.3, -0.25) is 4.79 Å². The minimum atomic E-state index is -0.0122. The summed E-state index contributed by atoms with van der Waals surface area (Å²) in [6.07, 6.45) is 0. The molecule has 0 fully saturated rings. The van der Waals surface area contributed by atoms with Crippen LogP contribution in [-0.4, -0.2) is 5.78 Å². The smallest absolute Gasteiger partial charge is 0.188 e. The van der Waals surface area contributed by atoms with Crippen LogP contribution in [0.4, 0.5) is 0 Å². The molecule has 1 nitrogen and oxygen atoms in total. The van der Waals surface area contributed by atoms with Crippen LogP contribution < -0.4 is 0 Å². The van der Waals surface area contributed by atoms with Crippen LogP contribution in [0.2, 0.25) is 0 Å². The summed E-state index contributed by atoms with van der Waals surface area (Å²) in [6.45, 7) is 11.8. The Balaban J connectivity index is 3.31. The van der Waals surface area contributed by atoms with Crippen molar-refractivity contribution in [3.63, 3.8) is 0 Å². The van der Waals surface area contributed by atoms with Gasteiger partial charge < -0.3 is 0 Å². The van der Waals surface area contributed by atoms with Crippen molar-refractivity contribution in [1.82, 2.24) is 0 Å². The average Bonchev–Trinajstić information content (AvgIpc) is 2.15. The van der Waals surface area contributed by atoms with Gasteiger partial charge in [0.1, 0.15) is 0 Å². The Morgan fingerprint density at radius 1 is 1.20 bits per heavy atom. The Bertz CT molecular complexity index is 394. The van der Waals surface area contributed by atoms with E-state index in [0.29, 0.717) is 5.57 Å². The van der Waals surface area contributed by atoms with Gasteiger partial charge in [-0.05, 0) is 23.5 Å². The molecule has 1 rings (SSSR count). The highest BCUT2D eigenvalue weighted by Crippen LogP contribution is 2.26. The zero-order chi connectivity index (χ0) is 11.6. The highest BCUT2D eigenvalue weighted by Gasteiger charge is 2.20. The molecule has 0 N–H and O–H groups in total. The van der Waals surface area contributed by atoms with Gasteiger partial charge >= 0.3 is 0 Å². The number of Topliss-reactive ketones (excluding diaryl/α,β-unsaturated/α-hetero) is 1. The molecule has 0 aromatic heterocycles. The van der Waals surface area contributed by atoms with E-state index in [1.807, 2.05) is 24.3 Å². The molecule has 80 valence electrons. The van der Waals surface area contributed by atoms with Crippen LogP contribution in [-0.2, 0) is 5.41 Å². The Morgan fingerprint density at radius 2 is 1.73 bits per heavy atom. The fraction of sp³-hybridized carbons (Fsp3) is 0.357. The molecule has 15 heavy (non-hydrogen) atoms. The normalized spacial score (nSPS) is 11.2. The molecule has 0 bridgehead atoms. The van der Waals surface area contributed by atoms with Crippen molar-refractivity contribution >= 4 is 5.78 Å². The first-order valence-corrected chi connectivity index (χ1v) is 5.14. The number of hydrogen-bond acceptors (Lipinski definition) is 1. The summed E-state index contributed by atoms with van der Waals surface area (Å²) < 4.78 is 0. The van der Waals surface area contributed by atoms with E-state index in [-0.39, 0.29) is 11.2 Å². The molecule has 0 aliphatic carbocycles. The van der Waals surface area contributed by atoms with Crippen molar-refractivity contribution in [2.45, 2.75) is 33.1 Å². The third kappa shape index (κ3) is 2.56. The summed E-state index contributed by atoms with van der Waals surface area (Å²) in [6, 6.07) is 7.75. The van der Waals surface area contributed by atoms with Crippen molar-refractivity contribution in [3.05, 3.63) is 47.5 Å². The van der Waals surface area contributed by atoms with Crippen LogP contribution in [0.15, 0.2) is 36.4 Å². The van der Waals surface area contributed by atoms with E-state index >= 15 is 0 Å². The van der Waals surface area contributed by atoms with Crippen LogP contribution in [0.25, 0.3) is 0 Å². The fourth-order valence-corrected chi connectivity index (χ4v) is 1.57. The van der Waals surface area contributed by atoms with E-state index in [0.717, 1.165) is 11.1 Å². The number of allylic oxidation sites excluding steroid dienone is 1. The van der Waals surface area contributed by atoms with E-state index < -0.39 is 0 Å². The molecule has 1 aromatic rings. The van der Waals surface area contributed by atoms with Gasteiger partial charge in [-0.2, -0.15) is 0 Å². The van der Waals surface area contributed by atoms with E-state index in [9.17, 15) is 4.79 Å². The topological polar surface area (TPSA) is 17.1 Å². The van der Waals surface area contributed by atoms with Crippen molar-refractivity contribution in [2.75, 3.05) is 0 Å². The second-order valence-electron chi connectivity index (χ2n) is 4.91. The maximum Gasteiger partial charge on any atom is 0.188 e. The highest BCUT2D eigenvalue weighted by molar-refractivity contribution is 6.09. The number of carbonyl (C=O) groups excluding carboxylic acids is 1. The molecule has 0 heterocycles. The fourth-order valence-electron chi connectivity index (χ4n) is 1.57. The minimum absolute atomic E-state index is 0.0122. The standard InChI is InChI=1S/C14H18O/c1-10(2)13(15)11-8-6-7-9-12(11)14(3,4)5/h6-9H,1H2,2-5H3. The van der Waals surface area contributed by atoms with Crippen LogP contribution in [0.1, 0.15) is 43.6 Å². The second-order valence-corrected chi connectivity index (χ2v) is 4.91. The monoisotopic (exact) mass is 202 g/mol. The third-order valence-electron chi connectivity index (χ3n) is 2.37. The van der Waals surface area contributed by atoms with E-state index in [1.54, 1.807) is 6.92 Å². The zero-order valence-electron chi connectivity index (χ0n) is 9.92. The Morgan fingerprint density at radius 3 is 2.20 bits per heavy atom.